The highest BCUT2D eigenvalue weighted by atomic mass is 19.1. The van der Waals surface area contributed by atoms with Gasteiger partial charge in [0.05, 0.1) is 11.5 Å². The predicted octanol–water partition coefficient (Wildman–Crippen LogP) is 1.81. The summed E-state index contributed by atoms with van der Waals surface area (Å²) in [6.45, 7) is 3.99. The summed E-state index contributed by atoms with van der Waals surface area (Å²) in [6.07, 6.45) is 0. The van der Waals surface area contributed by atoms with Gasteiger partial charge >= 0.3 is 0 Å². The fraction of sp³-hybridized carbons (Fsp3) is 0.462. The molecule has 21 heavy (non-hydrogen) atoms. The SMILES string of the molecule is COCCN(C(=O)c1c(F)ccc([N+](=O)[O-])c1N)C(C)C. The molecule has 1 aromatic rings. The van der Waals surface area contributed by atoms with Crippen LogP contribution in [0.25, 0.3) is 0 Å². The molecular formula is C13H18FN3O4. The molecule has 7 nitrogen and oxygen atoms in total. The maximum Gasteiger partial charge on any atom is 0.293 e. The van der Waals surface area contributed by atoms with Gasteiger partial charge in [0.2, 0.25) is 0 Å². The van der Waals surface area contributed by atoms with Crippen LogP contribution in [0.4, 0.5) is 15.8 Å². The molecule has 8 heteroatoms. The smallest absolute Gasteiger partial charge is 0.293 e. The Morgan fingerprint density at radius 3 is 2.62 bits per heavy atom. The lowest BCUT2D eigenvalue weighted by molar-refractivity contribution is -0.384. The molecule has 0 fully saturated rings. The minimum absolute atomic E-state index is 0.231. The van der Waals surface area contributed by atoms with E-state index in [0.29, 0.717) is 0 Å². The Bertz CT molecular complexity index is 548. The molecule has 0 aromatic heterocycles. The standard InChI is InChI=1S/C13H18FN3O4/c1-8(2)16(6-7-21-3)13(18)11-9(14)4-5-10(12(11)15)17(19)20/h4-5,8H,6-7,15H2,1-3H3. The summed E-state index contributed by atoms with van der Waals surface area (Å²) < 4.78 is 18.8. The average Bonchev–Trinajstić information content (AvgIpc) is 2.38. The number of amides is 1. The van der Waals surface area contributed by atoms with E-state index >= 15 is 0 Å². The van der Waals surface area contributed by atoms with Crippen LogP contribution >= 0.6 is 0 Å². The van der Waals surface area contributed by atoms with E-state index in [9.17, 15) is 19.3 Å². The number of nitrogens with zero attached hydrogens (tertiary/aromatic N) is 2. The van der Waals surface area contributed by atoms with Gasteiger partial charge in [-0.1, -0.05) is 0 Å². The van der Waals surface area contributed by atoms with Crippen molar-refractivity contribution in [1.29, 1.82) is 0 Å². The first-order valence-electron chi connectivity index (χ1n) is 6.33. The number of benzene rings is 1. The number of nitrogen functional groups attached to an aromatic ring is 1. The second-order valence-corrected chi connectivity index (χ2v) is 4.70. The molecule has 0 heterocycles. The van der Waals surface area contributed by atoms with Crippen LogP contribution < -0.4 is 5.73 Å². The maximum atomic E-state index is 13.9. The van der Waals surface area contributed by atoms with Crippen LogP contribution in [0, 0.1) is 15.9 Å². The van der Waals surface area contributed by atoms with Crippen LogP contribution in [0.15, 0.2) is 12.1 Å². The summed E-state index contributed by atoms with van der Waals surface area (Å²) in [6, 6.07) is 1.58. The van der Waals surface area contributed by atoms with E-state index in [1.807, 2.05) is 0 Å². The summed E-state index contributed by atoms with van der Waals surface area (Å²) in [4.78, 5) is 23.9. The van der Waals surface area contributed by atoms with Crippen molar-refractivity contribution in [3.05, 3.63) is 33.6 Å². The Balaban J connectivity index is 3.27. The minimum Gasteiger partial charge on any atom is -0.392 e. The van der Waals surface area contributed by atoms with Crippen molar-refractivity contribution in [2.75, 3.05) is 26.0 Å². The molecule has 0 bridgehead atoms. The topological polar surface area (TPSA) is 98.7 Å². The number of methoxy groups -OCH3 is 1. The number of carbonyl (C=O) groups is 1. The first-order chi connectivity index (χ1) is 9.81. The third kappa shape index (κ3) is 3.66. The highest BCUT2D eigenvalue weighted by Crippen LogP contribution is 2.28. The number of ether oxygens (including phenoxy) is 1. The number of nitro groups is 1. The van der Waals surface area contributed by atoms with Crippen LogP contribution in [0.2, 0.25) is 0 Å². The molecule has 1 rings (SSSR count). The lowest BCUT2D eigenvalue weighted by Gasteiger charge is -2.27. The molecule has 0 aliphatic carbocycles. The van der Waals surface area contributed by atoms with Crippen molar-refractivity contribution in [1.82, 2.24) is 4.90 Å². The zero-order chi connectivity index (χ0) is 16.2. The fourth-order valence-corrected chi connectivity index (χ4v) is 1.89. The van der Waals surface area contributed by atoms with E-state index in [0.717, 1.165) is 12.1 Å². The Morgan fingerprint density at radius 2 is 2.14 bits per heavy atom. The van der Waals surface area contributed by atoms with Crippen molar-refractivity contribution in [2.24, 2.45) is 0 Å². The van der Waals surface area contributed by atoms with Crippen LogP contribution in [0.3, 0.4) is 0 Å². The zero-order valence-corrected chi connectivity index (χ0v) is 12.1. The van der Waals surface area contributed by atoms with Crippen molar-refractivity contribution in [2.45, 2.75) is 19.9 Å². The van der Waals surface area contributed by atoms with E-state index in [-0.39, 0.29) is 19.2 Å². The van der Waals surface area contributed by atoms with Crippen molar-refractivity contribution in [3.63, 3.8) is 0 Å². The molecular weight excluding hydrogens is 281 g/mol. The Hall–Kier alpha value is -2.22. The molecule has 2 N–H and O–H groups in total. The molecule has 1 amide bonds. The van der Waals surface area contributed by atoms with Gasteiger partial charge in [-0.3, -0.25) is 14.9 Å². The van der Waals surface area contributed by atoms with Crippen LogP contribution in [-0.2, 0) is 4.74 Å². The molecule has 116 valence electrons. The number of anilines is 1. The minimum atomic E-state index is -0.883. The summed E-state index contributed by atoms with van der Waals surface area (Å²) in [5.74, 6) is -1.58. The molecule has 0 saturated heterocycles. The highest BCUT2D eigenvalue weighted by molar-refractivity contribution is 6.01. The molecule has 0 aliphatic heterocycles. The number of hydrogen-bond donors (Lipinski definition) is 1. The van der Waals surface area contributed by atoms with Crippen molar-refractivity contribution >= 4 is 17.3 Å². The summed E-state index contributed by atoms with van der Waals surface area (Å²) >= 11 is 0. The quantitative estimate of drug-likeness (QED) is 0.490. The van der Waals surface area contributed by atoms with E-state index in [4.69, 9.17) is 10.5 Å². The monoisotopic (exact) mass is 299 g/mol. The number of nitro benzene ring substituents is 1. The van der Waals surface area contributed by atoms with Gasteiger partial charge < -0.3 is 15.4 Å². The lowest BCUT2D eigenvalue weighted by Crippen LogP contribution is -2.40. The molecule has 1 aromatic carbocycles. The number of carbonyl (C=O) groups excluding carboxylic acids is 1. The van der Waals surface area contributed by atoms with Gasteiger partial charge in [-0.2, -0.15) is 0 Å². The molecule has 0 unspecified atom stereocenters. The second-order valence-electron chi connectivity index (χ2n) is 4.70. The Morgan fingerprint density at radius 1 is 1.52 bits per heavy atom. The third-order valence-corrected chi connectivity index (χ3v) is 3.00. The van der Waals surface area contributed by atoms with Gasteiger partial charge in [-0.25, -0.2) is 4.39 Å². The van der Waals surface area contributed by atoms with Gasteiger partial charge in [0.1, 0.15) is 17.1 Å². The summed E-state index contributed by atoms with van der Waals surface area (Å²) in [5.41, 5.74) is 4.16. The van der Waals surface area contributed by atoms with Crippen molar-refractivity contribution < 1.29 is 18.8 Å². The zero-order valence-electron chi connectivity index (χ0n) is 12.1. The Labute approximate surface area is 121 Å². The van der Waals surface area contributed by atoms with E-state index in [1.165, 1.54) is 12.0 Å². The Kier molecular flexibility index (Phi) is 5.60. The number of nitrogens with two attached hydrogens (primary N) is 1. The number of halogens is 1. The predicted molar refractivity (Wildman–Crippen MR) is 75.5 cm³/mol. The van der Waals surface area contributed by atoms with Crippen LogP contribution in [-0.4, -0.2) is 42.0 Å². The normalized spacial score (nSPS) is 10.7. The van der Waals surface area contributed by atoms with Crippen LogP contribution in [0.5, 0.6) is 0 Å². The van der Waals surface area contributed by atoms with Crippen LogP contribution in [0.1, 0.15) is 24.2 Å². The number of rotatable bonds is 6. The summed E-state index contributed by atoms with van der Waals surface area (Å²) in [5, 5.41) is 10.8. The first-order valence-corrected chi connectivity index (χ1v) is 6.33. The van der Waals surface area contributed by atoms with Gasteiger partial charge in [0.25, 0.3) is 11.6 Å². The summed E-state index contributed by atoms with van der Waals surface area (Å²) in [7, 11) is 1.48. The molecule has 0 atom stereocenters. The van der Waals surface area contributed by atoms with Gasteiger partial charge in [0.15, 0.2) is 0 Å². The molecule has 0 aliphatic rings. The average molecular weight is 299 g/mol. The van der Waals surface area contributed by atoms with E-state index < -0.39 is 33.6 Å². The van der Waals surface area contributed by atoms with Crippen molar-refractivity contribution in [3.8, 4) is 0 Å². The molecule has 0 radical (unpaired) electrons. The van der Waals surface area contributed by atoms with E-state index in [2.05, 4.69) is 0 Å². The fourth-order valence-electron chi connectivity index (χ4n) is 1.89. The lowest BCUT2D eigenvalue weighted by atomic mass is 10.1. The maximum absolute atomic E-state index is 13.9. The van der Waals surface area contributed by atoms with Gasteiger partial charge in [0, 0.05) is 25.8 Å². The first kappa shape index (κ1) is 16.8. The molecule has 0 spiro atoms. The number of hydrogen-bond acceptors (Lipinski definition) is 5. The van der Waals surface area contributed by atoms with Gasteiger partial charge in [-0.15, -0.1) is 0 Å². The highest BCUT2D eigenvalue weighted by Gasteiger charge is 2.28. The molecule has 0 saturated carbocycles. The van der Waals surface area contributed by atoms with Gasteiger partial charge in [-0.05, 0) is 19.9 Å². The largest absolute Gasteiger partial charge is 0.392 e. The second kappa shape index (κ2) is 6.98. The van der Waals surface area contributed by atoms with E-state index in [1.54, 1.807) is 13.8 Å². The third-order valence-electron chi connectivity index (χ3n) is 3.00.